The molecule has 24 heavy (non-hydrogen) atoms. The molecule has 3 aromatic rings. The summed E-state index contributed by atoms with van der Waals surface area (Å²) < 4.78 is 2.91. The zero-order valence-electron chi connectivity index (χ0n) is 13.4. The first kappa shape index (κ1) is 16.3. The highest BCUT2D eigenvalue weighted by atomic mass is 32.1. The van der Waals surface area contributed by atoms with E-state index in [4.69, 9.17) is 0 Å². The molecule has 3 rings (SSSR count). The molecule has 2 amide bonds. The van der Waals surface area contributed by atoms with Crippen molar-refractivity contribution in [3.8, 4) is 0 Å². The standard InChI is InChI=1S/C18H19N3O2S/c1-21-14-8-10-24-16(14)11-15(21)18(23)20-12-17(22)19-9-7-13-5-3-2-4-6-13/h2-6,8,10-11H,7,9,12H2,1H3,(H,19,22)(H,20,23). The summed E-state index contributed by atoms with van der Waals surface area (Å²) in [6.07, 6.45) is 0.772. The first-order valence-corrected chi connectivity index (χ1v) is 8.65. The Bertz CT molecular complexity index is 852. The molecular weight excluding hydrogens is 322 g/mol. The summed E-state index contributed by atoms with van der Waals surface area (Å²) in [6, 6.07) is 13.8. The number of nitrogens with one attached hydrogen (secondary N) is 2. The van der Waals surface area contributed by atoms with E-state index in [1.165, 1.54) is 5.56 Å². The molecule has 0 aliphatic rings. The monoisotopic (exact) mass is 341 g/mol. The summed E-state index contributed by atoms with van der Waals surface area (Å²) in [4.78, 5) is 24.1. The second-order valence-corrected chi connectivity index (χ2v) is 6.47. The van der Waals surface area contributed by atoms with Crippen molar-refractivity contribution in [2.45, 2.75) is 6.42 Å². The lowest BCUT2D eigenvalue weighted by Crippen LogP contribution is -2.38. The van der Waals surface area contributed by atoms with Gasteiger partial charge in [-0.1, -0.05) is 30.3 Å². The van der Waals surface area contributed by atoms with Crippen LogP contribution in [0.2, 0.25) is 0 Å². The SMILES string of the molecule is Cn1c(C(=O)NCC(=O)NCCc2ccccc2)cc2sccc21. The molecule has 2 N–H and O–H groups in total. The van der Waals surface area contributed by atoms with Crippen molar-refractivity contribution in [3.05, 3.63) is 59.1 Å². The summed E-state index contributed by atoms with van der Waals surface area (Å²) in [5, 5.41) is 7.48. The fourth-order valence-electron chi connectivity index (χ4n) is 2.57. The molecule has 0 aliphatic carbocycles. The van der Waals surface area contributed by atoms with Gasteiger partial charge in [0, 0.05) is 13.6 Å². The molecule has 0 saturated carbocycles. The lowest BCUT2D eigenvalue weighted by atomic mass is 10.1. The largest absolute Gasteiger partial charge is 0.354 e. The molecule has 0 bridgehead atoms. The van der Waals surface area contributed by atoms with Crippen LogP contribution in [0.25, 0.3) is 10.2 Å². The van der Waals surface area contributed by atoms with E-state index in [0.29, 0.717) is 12.2 Å². The van der Waals surface area contributed by atoms with Crippen LogP contribution in [0.4, 0.5) is 0 Å². The van der Waals surface area contributed by atoms with E-state index in [0.717, 1.165) is 16.6 Å². The lowest BCUT2D eigenvalue weighted by molar-refractivity contribution is -0.120. The third kappa shape index (κ3) is 3.65. The Labute approximate surface area is 144 Å². The summed E-state index contributed by atoms with van der Waals surface area (Å²) in [7, 11) is 1.85. The number of carbonyl (C=O) groups is 2. The normalized spacial score (nSPS) is 10.7. The Morgan fingerprint density at radius 2 is 1.92 bits per heavy atom. The molecule has 6 heteroatoms. The summed E-state index contributed by atoms with van der Waals surface area (Å²) >= 11 is 1.59. The predicted molar refractivity (Wildman–Crippen MR) is 96.3 cm³/mol. The quantitative estimate of drug-likeness (QED) is 0.723. The molecule has 2 heterocycles. The van der Waals surface area contributed by atoms with Gasteiger partial charge in [-0.3, -0.25) is 9.59 Å². The number of aromatic nitrogens is 1. The van der Waals surface area contributed by atoms with Gasteiger partial charge in [0.2, 0.25) is 5.91 Å². The maximum Gasteiger partial charge on any atom is 0.268 e. The number of aryl methyl sites for hydroxylation is 1. The maximum absolute atomic E-state index is 12.2. The number of benzene rings is 1. The van der Waals surface area contributed by atoms with E-state index in [2.05, 4.69) is 10.6 Å². The van der Waals surface area contributed by atoms with Gasteiger partial charge < -0.3 is 15.2 Å². The Kier molecular flexibility index (Phi) is 4.96. The van der Waals surface area contributed by atoms with Gasteiger partial charge in [0.15, 0.2) is 0 Å². The van der Waals surface area contributed by atoms with Crippen molar-refractivity contribution < 1.29 is 9.59 Å². The highest BCUT2D eigenvalue weighted by Gasteiger charge is 2.14. The number of carbonyl (C=O) groups excluding carboxylic acids is 2. The lowest BCUT2D eigenvalue weighted by Gasteiger charge is -2.08. The number of nitrogens with zero attached hydrogens (tertiary/aromatic N) is 1. The number of fused-ring (bicyclic) bond motifs is 1. The molecule has 0 spiro atoms. The van der Waals surface area contributed by atoms with Crippen LogP contribution in [0.15, 0.2) is 47.8 Å². The van der Waals surface area contributed by atoms with Crippen molar-refractivity contribution in [3.63, 3.8) is 0 Å². The average Bonchev–Trinajstić information content (AvgIpc) is 3.17. The Balaban J connectivity index is 1.46. The van der Waals surface area contributed by atoms with Crippen molar-refractivity contribution in [1.82, 2.24) is 15.2 Å². The van der Waals surface area contributed by atoms with Crippen LogP contribution < -0.4 is 10.6 Å². The topological polar surface area (TPSA) is 63.1 Å². The van der Waals surface area contributed by atoms with Gasteiger partial charge >= 0.3 is 0 Å². The second kappa shape index (κ2) is 7.31. The van der Waals surface area contributed by atoms with Crippen molar-refractivity contribution in [1.29, 1.82) is 0 Å². The van der Waals surface area contributed by atoms with Crippen LogP contribution in [0.3, 0.4) is 0 Å². The van der Waals surface area contributed by atoms with Gasteiger partial charge in [-0.15, -0.1) is 11.3 Å². The summed E-state index contributed by atoms with van der Waals surface area (Å²) in [5.74, 6) is -0.422. The fraction of sp³-hybridized carbons (Fsp3) is 0.222. The van der Waals surface area contributed by atoms with Crippen molar-refractivity contribution >= 4 is 33.4 Å². The molecule has 0 fully saturated rings. The second-order valence-electron chi connectivity index (χ2n) is 5.53. The molecular formula is C18H19N3O2S. The van der Waals surface area contributed by atoms with Gasteiger partial charge in [0.1, 0.15) is 5.69 Å². The fourth-order valence-corrected chi connectivity index (χ4v) is 3.42. The summed E-state index contributed by atoms with van der Waals surface area (Å²) in [5.41, 5.74) is 2.76. The highest BCUT2D eigenvalue weighted by Crippen LogP contribution is 2.23. The van der Waals surface area contributed by atoms with Crippen LogP contribution in [-0.4, -0.2) is 29.5 Å². The minimum Gasteiger partial charge on any atom is -0.354 e. The molecule has 1 aromatic carbocycles. The van der Waals surface area contributed by atoms with E-state index >= 15 is 0 Å². The van der Waals surface area contributed by atoms with E-state index in [-0.39, 0.29) is 18.4 Å². The molecule has 0 unspecified atom stereocenters. The predicted octanol–water partition coefficient (Wildman–Crippen LogP) is 2.33. The zero-order chi connectivity index (χ0) is 16.9. The van der Waals surface area contributed by atoms with Gasteiger partial charge in [-0.2, -0.15) is 0 Å². The van der Waals surface area contributed by atoms with Crippen LogP contribution >= 0.6 is 11.3 Å². The highest BCUT2D eigenvalue weighted by molar-refractivity contribution is 7.17. The number of hydrogen-bond donors (Lipinski definition) is 2. The molecule has 5 nitrogen and oxygen atoms in total. The van der Waals surface area contributed by atoms with E-state index in [1.54, 1.807) is 11.3 Å². The first-order valence-electron chi connectivity index (χ1n) is 7.77. The Hall–Kier alpha value is -2.60. The summed E-state index contributed by atoms with van der Waals surface area (Å²) in [6.45, 7) is 0.533. The molecule has 0 radical (unpaired) electrons. The van der Waals surface area contributed by atoms with Gasteiger partial charge in [-0.25, -0.2) is 0 Å². The number of rotatable bonds is 6. The smallest absolute Gasteiger partial charge is 0.268 e. The third-order valence-corrected chi connectivity index (χ3v) is 4.74. The van der Waals surface area contributed by atoms with E-state index < -0.39 is 0 Å². The third-order valence-electron chi connectivity index (χ3n) is 3.88. The van der Waals surface area contributed by atoms with Crippen molar-refractivity contribution in [2.75, 3.05) is 13.1 Å². The number of thiophene rings is 1. The molecule has 2 aromatic heterocycles. The van der Waals surface area contributed by atoms with E-state index in [1.807, 2.05) is 59.5 Å². The Morgan fingerprint density at radius 3 is 2.67 bits per heavy atom. The average molecular weight is 341 g/mol. The van der Waals surface area contributed by atoms with Crippen LogP contribution in [0.1, 0.15) is 16.1 Å². The molecule has 0 saturated heterocycles. The molecule has 0 atom stereocenters. The van der Waals surface area contributed by atoms with E-state index in [9.17, 15) is 9.59 Å². The number of amides is 2. The van der Waals surface area contributed by atoms with Crippen LogP contribution in [0.5, 0.6) is 0 Å². The minimum atomic E-state index is -0.237. The van der Waals surface area contributed by atoms with Crippen molar-refractivity contribution in [2.24, 2.45) is 7.05 Å². The molecule has 0 aliphatic heterocycles. The number of hydrogen-bond acceptors (Lipinski definition) is 3. The van der Waals surface area contributed by atoms with Gasteiger partial charge in [0.05, 0.1) is 16.8 Å². The zero-order valence-corrected chi connectivity index (χ0v) is 14.2. The minimum absolute atomic E-state index is 0.0214. The Morgan fingerprint density at radius 1 is 1.12 bits per heavy atom. The molecule has 124 valence electrons. The maximum atomic E-state index is 12.2. The van der Waals surface area contributed by atoms with Crippen LogP contribution in [-0.2, 0) is 18.3 Å². The van der Waals surface area contributed by atoms with Crippen LogP contribution in [0, 0.1) is 0 Å². The van der Waals surface area contributed by atoms with Gasteiger partial charge in [-0.05, 0) is 29.5 Å². The first-order chi connectivity index (χ1) is 11.6. The van der Waals surface area contributed by atoms with Gasteiger partial charge in [0.25, 0.3) is 5.91 Å².